The van der Waals surface area contributed by atoms with E-state index in [4.69, 9.17) is 19.4 Å². The number of hydrogen-bond donors (Lipinski definition) is 4. The molecule has 4 N–H and O–H groups in total. The summed E-state index contributed by atoms with van der Waals surface area (Å²) in [6.45, 7) is 8.77. The van der Waals surface area contributed by atoms with Gasteiger partial charge in [0.05, 0.1) is 64.2 Å². The number of methoxy groups -OCH3 is 2. The highest BCUT2D eigenvalue weighted by atomic mass is 32.1. The van der Waals surface area contributed by atoms with Crippen molar-refractivity contribution in [3.05, 3.63) is 57.9 Å². The number of likely N-dealkylation sites (tertiary alicyclic amines) is 2. The number of aromatic nitrogens is 4. The first-order valence-electron chi connectivity index (χ1n) is 18.8. The first kappa shape index (κ1) is 38.9. The molecule has 4 amide bonds. The molecule has 14 nitrogen and oxygen atoms in total. The third kappa shape index (κ3) is 7.70. The number of nitrogens with one attached hydrogen (secondary N) is 4. The number of ether oxygens (including phenoxy) is 2. The molecule has 4 aromatic heterocycles. The van der Waals surface area contributed by atoms with Crippen molar-refractivity contribution in [2.45, 2.75) is 77.5 Å². The number of H-pyrrole nitrogens is 2. The number of aromatic amines is 2. The Hall–Kier alpha value is -5.40. The van der Waals surface area contributed by atoms with Gasteiger partial charge in [-0.3, -0.25) is 9.59 Å². The number of benzene rings is 1. The molecule has 0 bridgehead atoms. The molecular formula is C40H46N8O6S2. The van der Waals surface area contributed by atoms with Crippen LogP contribution in [0.2, 0.25) is 0 Å². The van der Waals surface area contributed by atoms with Crippen molar-refractivity contribution in [1.82, 2.24) is 40.4 Å². The molecule has 2 unspecified atom stereocenters. The fourth-order valence-corrected chi connectivity index (χ4v) is 9.82. The van der Waals surface area contributed by atoms with Crippen LogP contribution in [0, 0.1) is 23.7 Å². The van der Waals surface area contributed by atoms with Gasteiger partial charge in [0.2, 0.25) is 11.8 Å². The van der Waals surface area contributed by atoms with Crippen LogP contribution in [0.25, 0.3) is 31.7 Å². The van der Waals surface area contributed by atoms with Gasteiger partial charge in [-0.2, -0.15) is 0 Å². The van der Waals surface area contributed by atoms with E-state index in [2.05, 4.69) is 43.2 Å². The van der Waals surface area contributed by atoms with E-state index in [9.17, 15) is 19.2 Å². The van der Waals surface area contributed by atoms with Gasteiger partial charge >= 0.3 is 12.2 Å². The summed E-state index contributed by atoms with van der Waals surface area (Å²) in [5, 5.41) is 9.58. The number of alkyl carbamates (subject to hydrolysis) is 2. The fourth-order valence-electron chi connectivity index (χ4n) is 7.53. The number of nitrogens with zero attached hydrogens (tertiary/aromatic N) is 4. The minimum atomic E-state index is -0.698. The van der Waals surface area contributed by atoms with Gasteiger partial charge in [-0.1, -0.05) is 39.5 Å². The zero-order valence-corrected chi connectivity index (χ0v) is 33.9. The second-order valence-electron chi connectivity index (χ2n) is 14.8. The van der Waals surface area contributed by atoms with Gasteiger partial charge in [-0.05, 0) is 55.7 Å². The Morgan fingerprint density at radius 3 is 2.04 bits per heavy atom. The van der Waals surface area contributed by atoms with Gasteiger partial charge in [0.1, 0.15) is 23.7 Å². The molecule has 56 heavy (non-hydrogen) atoms. The van der Waals surface area contributed by atoms with Gasteiger partial charge < -0.3 is 39.9 Å². The van der Waals surface area contributed by atoms with E-state index in [1.165, 1.54) is 14.2 Å². The first-order chi connectivity index (χ1) is 27.0. The van der Waals surface area contributed by atoms with E-state index in [-0.39, 0.29) is 35.7 Å². The van der Waals surface area contributed by atoms with Crippen LogP contribution in [0.1, 0.15) is 88.2 Å². The van der Waals surface area contributed by atoms with Crippen molar-refractivity contribution < 1.29 is 28.7 Å². The molecule has 1 aromatic carbocycles. The smallest absolute Gasteiger partial charge is 0.407 e. The van der Waals surface area contributed by atoms with Gasteiger partial charge in [0.15, 0.2) is 0 Å². The van der Waals surface area contributed by atoms with E-state index in [1.807, 2.05) is 57.0 Å². The average Bonchev–Trinajstić information content (AvgIpc) is 4.04. The molecule has 0 spiro atoms. The molecule has 294 valence electrons. The number of thiophene rings is 2. The Kier molecular flexibility index (Phi) is 11.4. The van der Waals surface area contributed by atoms with Crippen molar-refractivity contribution in [2.75, 3.05) is 27.3 Å². The van der Waals surface area contributed by atoms with E-state index in [0.717, 1.165) is 74.3 Å². The lowest BCUT2D eigenvalue weighted by atomic mass is 10.0. The molecule has 2 aliphatic rings. The molecule has 7 rings (SSSR count). The molecule has 0 saturated carbocycles. The third-order valence-electron chi connectivity index (χ3n) is 10.5. The van der Waals surface area contributed by atoms with Crippen molar-refractivity contribution in [3.8, 4) is 23.1 Å². The number of hydrogen-bond acceptors (Lipinski definition) is 10. The molecule has 2 fully saturated rings. The maximum Gasteiger partial charge on any atom is 0.407 e. The maximum absolute atomic E-state index is 13.6. The Balaban J connectivity index is 1.06. The monoisotopic (exact) mass is 798 g/mol. The normalized spacial score (nSPS) is 18.0. The predicted molar refractivity (Wildman–Crippen MR) is 215 cm³/mol. The van der Waals surface area contributed by atoms with Crippen LogP contribution < -0.4 is 10.6 Å². The lowest BCUT2D eigenvalue weighted by Crippen LogP contribution is -2.51. The quantitative estimate of drug-likeness (QED) is 0.119. The Morgan fingerprint density at radius 2 is 1.43 bits per heavy atom. The number of carbonyl (C=O) groups is 4. The van der Waals surface area contributed by atoms with Crippen LogP contribution in [0.15, 0.2) is 35.2 Å². The number of fused-ring (bicyclic) bond motifs is 2. The number of amides is 4. The van der Waals surface area contributed by atoms with E-state index >= 15 is 0 Å². The summed E-state index contributed by atoms with van der Waals surface area (Å²) in [4.78, 5) is 71.3. The van der Waals surface area contributed by atoms with Crippen molar-refractivity contribution in [1.29, 1.82) is 0 Å². The second-order valence-corrected chi connectivity index (χ2v) is 16.6. The molecule has 5 aromatic rings. The summed E-state index contributed by atoms with van der Waals surface area (Å²) in [5.41, 5.74) is 5.32. The SMILES string of the molecule is COC(=O)N[C@H](C(=O)N1CCCC1c1ncc(-c2csc3c(C#Cc4ccc5nc(C6CCCN6C(=O)[C@@H](NC(=O)OC)C(C)C)[nH]c5c4)csc23)[nH]1)C(C)C. The summed E-state index contributed by atoms with van der Waals surface area (Å²) < 4.78 is 11.7. The maximum atomic E-state index is 13.6. The van der Waals surface area contributed by atoms with Crippen LogP contribution >= 0.6 is 22.7 Å². The molecule has 0 radical (unpaired) electrons. The summed E-state index contributed by atoms with van der Waals surface area (Å²) in [6, 6.07) is 4.04. The molecule has 2 saturated heterocycles. The molecule has 16 heteroatoms. The van der Waals surface area contributed by atoms with E-state index in [0.29, 0.717) is 18.9 Å². The summed E-state index contributed by atoms with van der Waals surface area (Å²) in [7, 11) is 2.58. The minimum Gasteiger partial charge on any atom is -0.453 e. The number of imidazole rings is 2. The zero-order valence-electron chi connectivity index (χ0n) is 32.2. The van der Waals surface area contributed by atoms with Gasteiger partial charge in [-0.25, -0.2) is 19.6 Å². The largest absolute Gasteiger partial charge is 0.453 e. The highest BCUT2D eigenvalue weighted by Gasteiger charge is 2.39. The van der Waals surface area contributed by atoms with Crippen molar-refractivity contribution >= 4 is 67.1 Å². The van der Waals surface area contributed by atoms with E-state index < -0.39 is 24.3 Å². The van der Waals surface area contributed by atoms with Crippen LogP contribution in [0.3, 0.4) is 0 Å². The lowest BCUT2D eigenvalue weighted by Gasteiger charge is -2.30. The lowest BCUT2D eigenvalue weighted by molar-refractivity contribution is -0.136. The van der Waals surface area contributed by atoms with Gasteiger partial charge in [0.25, 0.3) is 0 Å². The van der Waals surface area contributed by atoms with Crippen LogP contribution in [0.4, 0.5) is 9.59 Å². The van der Waals surface area contributed by atoms with Crippen LogP contribution in [0.5, 0.6) is 0 Å². The summed E-state index contributed by atoms with van der Waals surface area (Å²) in [5.74, 6) is 7.63. The van der Waals surface area contributed by atoms with Gasteiger partial charge in [0, 0.05) is 35.0 Å². The molecule has 6 heterocycles. The first-order valence-corrected chi connectivity index (χ1v) is 20.6. The minimum absolute atomic E-state index is 0.110. The second kappa shape index (κ2) is 16.4. The van der Waals surface area contributed by atoms with E-state index in [1.54, 1.807) is 27.6 Å². The summed E-state index contributed by atoms with van der Waals surface area (Å²) in [6.07, 6.45) is 3.80. The highest BCUT2D eigenvalue weighted by Crippen LogP contribution is 2.41. The Bertz CT molecular complexity index is 2330. The molecule has 2 aliphatic heterocycles. The molecule has 4 atom stereocenters. The number of carbonyl (C=O) groups excluding carboxylic acids is 4. The molecule has 0 aliphatic carbocycles. The Morgan fingerprint density at radius 1 is 0.821 bits per heavy atom. The number of rotatable bonds is 9. The standard InChI is InChI=1S/C40H46N8O6S2/c1-21(2)31(45-39(51)53-5)37(49)47-15-7-9-29(47)35-41-18-28(44-35)25-20-56-33-24(19-55-34(25)33)13-11-23-12-14-26-27(17-23)43-36(42-26)30-10-8-16-48(30)38(50)32(22(3)4)46-40(52)54-6/h12,14,17-22,29-32H,7-10,15-16H2,1-6H3,(H,41,44)(H,42,43)(H,45,51)(H,46,52)/t29?,30?,31-,32-/m0/s1. The zero-order chi connectivity index (χ0) is 39.7. The topological polar surface area (TPSA) is 175 Å². The highest BCUT2D eigenvalue weighted by molar-refractivity contribution is 7.27. The van der Waals surface area contributed by atoms with Crippen molar-refractivity contribution in [3.63, 3.8) is 0 Å². The summed E-state index contributed by atoms with van der Waals surface area (Å²) >= 11 is 3.27. The third-order valence-corrected chi connectivity index (χ3v) is 12.7. The van der Waals surface area contributed by atoms with Crippen molar-refractivity contribution in [2.24, 2.45) is 11.8 Å². The average molecular weight is 799 g/mol. The Labute approximate surface area is 332 Å². The van der Waals surface area contributed by atoms with Gasteiger partial charge in [-0.15, -0.1) is 22.7 Å². The molecular weight excluding hydrogens is 753 g/mol. The van der Waals surface area contributed by atoms with Crippen LogP contribution in [-0.4, -0.2) is 93.1 Å². The predicted octanol–water partition coefficient (Wildman–Crippen LogP) is 6.72. The fraction of sp³-hybridized carbons (Fsp3) is 0.450. The van der Waals surface area contributed by atoms with Crippen LogP contribution in [-0.2, 0) is 19.1 Å².